The summed E-state index contributed by atoms with van der Waals surface area (Å²) in [4.78, 5) is 7.65. The maximum Gasteiger partial charge on any atom is 0.149 e. The highest BCUT2D eigenvalue weighted by Gasteiger charge is 2.09. The van der Waals surface area contributed by atoms with E-state index in [4.69, 9.17) is 0 Å². The molecule has 1 N–H and O–H groups in total. The van der Waals surface area contributed by atoms with Gasteiger partial charge >= 0.3 is 0 Å². The minimum absolute atomic E-state index is 0.669. The van der Waals surface area contributed by atoms with E-state index < -0.39 is 0 Å². The summed E-state index contributed by atoms with van der Waals surface area (Å²) in [6.07, 6.45) is 1.97. The second-order valence-electron chi connectivity index (χ2n) is 4.12. The molecule has 1 heterocycles. The van der Waals surface area contributed by atoms with Crippen molar-refractivity contribution in [2.45, 2.75) is 26.7 Å². The molecule has 2 aromatic rings. The molecule has 0 bridgehead atoms. The Morgan fingerprint density at radius 3 is 2.82 bits per heavy atom. The Kier molecular flexibility index (Phi) is 3.24. The minimum atomic E-state index is 0.669. The molecule has 0 aliphatic carbocycles. The normalized spacial score (nSPS) is 12.3. The van der Waals surface area contributed by atoms with E-state index in [1.807, 2.05) is 31.2 Å². The molecule has 17 heavy (non-hydrogen) atoms. The lowest BCUT2D eigenvalue weighted by Gasteiger charge is -2.00. The Balaban J connectivity index is 2.52. The summed E-state index contributed by atoms with van der Waals surface area (Å²) < 4.78 is 0. The van der Waals surface area contributed by atoms with E-state index in [1.165, 1.54) is 0 Å². The van der Waals surface area contributed by atoms with Gasteiger partial charge in [-0.2, -0.15) is 5.26 Å². The first-order valence-corrected chi connectivity index (χ1v) is 5.81. The van der Waals surface area contributed by atoms with Crippen molar-refractivity contribution in [2.75, 3.05) is 0 Å². The molecule has 0 radical (unpaired) electrons. The number of aromatic nitrogens is 2. The van der Waals surface area contributed by atoms with Gasteiger partial charge in [0.1, 0.15) is 11.9 Å². The van der Waals surface area contributed by atoms with Gasteiger partial charge in [0, 0.05) is 0 Å². The van der Waals surface area contributed by atoms with Crippen molar-refractivity contribution in [3.8, 4) is 6.07 Å². The summed E-state index contributed by atoms with van der Waals surface area (Å²) in [6, 6.07) is 10.1. The molecular formula is C14H15N3. The number of benzene rings is 1. The number of nitriles is 1. The van der Waals surface area contributed by atoms with E-state index >= 15 is 0 Å². The molecule has 0 saturated carbocycles. The van der Waals surface area contributed by atoms with Crippen LogP contribution in [0.4, 0.5) is 0 Å². The molecule has 86 valence electrons. The van der Waals surface area contributed by atoms with Gasteiger partial charge in [0.2, 0.25) is 0 Å². The first-order chi connectivity index (χ1) is 8.26. The van der Waals surface area contributed by atoms with Crippen molar-refractivity contribution >= 4 is 16.6 Å². The molecule has 2 rings (SSSR count). The van der Waals surface area contributed by atoms with Gasteiger partial charge in [0.15, 0.2) is 0 Å². The third kappa shape index (κ3) is 2.21. The average molecular weight is 225 g/mol. The topological polar surface area (TPSA) is 52.5 Å². The van der Waals surface area contributed by atoms with E-state index in [-0.39, 0.29) is 0 Å². The molecular weight excluding hydrogens is 210 g/mol. The molecule has 0 amide bonds. The second kappa shape index (κ2) is 4.84. The molecule has 0 unspecified atom stereocenters. The number of hydrogen-bond donors (Lipinski definition) is 1. The van der Waals surface area contributed by atoms with Crippen LogP contribution in [0.15, 0.2) is 29.8 Å². The number of nitrogens with one attached hydrogen (secondary N) is 1. The standard InChI is InChI=1S/C14H15N3/c1-3-6-10(2)11(9-15)14-16-12-7-4-5-8-13(12)17-14/h4-5,7-8H,3,6H2,1-2H3,(H,16,17)/b11-10-. The zero-order valence-electron chi connectivity index (χ0n) is 10.1. The summed E-state index contributed by atoms with van der Waals surface area (Å²) in [5.41, 5.74) is 3.64. The number of nitrogens with zero attached hydrogens (tertiary/aromatic N) is 2. The van der Waals surface area contributed by atoms with Crippen LogP contribution in [0.5, 0.6) is 0 Å². The fraction of sp³-hybridized carbons (Fsp3) is 0.286. The highest BCUT2D eigenvalue weighted by Crippen LogP contribution is 2.21. The molecule has 0 aliphatic rings. The molecule has 0 aliphatic heterocycles. The number of H-pyrrole nitrogens is 1. The van der Waals surface area contributed by atoms with E-state index in [0.29, 0.717) is 11.4 Å². The summed E-state index contributed by atoms with van der Waals surface area (Å²) in [6.45, 7) is 4.10. The summed E-state index contributed by atoms with van der Waals surface area (Å²) in [5, 5.41) is 9.23. The van der Waals surface area contributed by atoms with Crippen LogP contribution in [0.25, 0.3) is 16.6 Å². The van der Waals surface area contributed by atoms with Crippen molar-refractivity contribution in [1.82, 2.24) is 9.97 Å². The number of aromatic amines is 1. The lowest BCUT2D eigenvalue weighted by atomic mass is 10.1. The lowest BCUT2D eigenvalue weighted by Crippen LogP contribution is -1.89. The van der Waals surface area contributed by atoms with Crippen molar-refractivity contribution in [3.63, 3.8) is 0 Å². The Bertz CT molecular complexity index is 566. The van der Waals surface area contributed by atoms with Gasteiger partial charge in [0.05, 0.1) is 16.6 Å². The molecule has 1 aromatic heterocycles. The van der Waals surface area contributed by atoms with E-state index in [9.17, 15) is 5.26 Å². The van der Waals surface area contributed by atoms with Gasteiger partial charge in [-0.3, -0.25) is 0 Å². The maximum atomic E-state index is 9.23. The quantitative estimate of drug-likeness (QED) is 0.810. The Morgan fingerprint density at radius 2 is 2.18 bits per heavy atom. The molecule has 0 atom stereocenters. The van der Waals surface area contributed by atoms with Gasteiger partial charge in [-0.15, -0.1) is 0 Å². The monoisotopic (exact) mass is 225 g/mol. The third-order valence-electron chi connectivity index (χ3n) is 2.79. The smallest absolute Gasteiger partial charge is 0.149 e. The second-order valence-corrected chi connectivity index (χ2v) is 4.12. The van der Waals surface area contributed by atoms with Gasteiger partial charge in [-0.25, -0.2) is 4.98 Å². The van der Waals surface area contributed by atoms with Crippen LogP contribution < -0.4 is 0 Å². The molecule has 0 spiro atoms. The van der Waals surface area contributed by atoms with Crippen LogP contribution >= 0.6 is 0 Å². The predicted octanol–water partition coefficient (Wildman–Crippen LogP) is 3.66. The highest BCUT2D eigenvalue weighted by molar-refractivity contribution is 5.83. The summed E-state index contributed by atoms with van der Waals surface area (Å²) in [7, 11) is 0. The summed E-state index contributed by atoms with van der Waals surface area (Å²) >= 11 is 0. The van der Waals surface area contributed by atoms with Gasteiger partial charge < -0.3 is 4.98 Å². The fourth-order valence-corrected chi connectivity index (χ4v) is 1.92. The largest absolute Gasteiger partial charge is 0.337 e. The predicted molar refractivity (Wildman–Crippen MR) is 69.2 cm³/mol. The number of para-hydroxylation sites is 2. The van der Waals surface area contributed by atoms with Crippen molar-refractivity contribution < 1.29 is 0 Å². The first-order valence-electron chi connectivity index (χ1n) is 5.81. The Morgan fingerprint density at radius 1 is 1.41 bits per heavy atom. The Hall–Kier alpha value is -2.08. The average Bonchev–Trinajstić information content (AvgIpc) is 2.73. The van der Waals surface area contributed by atoms with E-state index in [2.05, 4.69) is 23.0 Å². The van der Waals surface area contributed by atoms with Crippen LogP contribution in [0.3, 0.4) is 0 Å². The zero-order chi connectivity index (χ0) is 12.3. The summed E-state index contributed by atoms with van der Waals surface area (Å²) in [5.74, 6) is 0.680. The molecule has 1 aromatic carbocycles. The first kappa shape index (κ1) is 11.4. The highest BCUT2D eigenvalue weighted by atomic mass is 14.9. The number of rotatable bonds is 3. The van der Waals surface area contributed by atoms with Gasteiger partial charge in [0.25, 0.3) is 0 Å². The van der Waals surface area contributed by atoms with E-state index in [1.54, 1.807) is 0 Å². The van der Waals surface area contributed by atoms with Crippen LogP contribution in [0.2, 0.25) is 0 Å². The van der Waals surface area contributed by atoms with Crippen molar-refractivity contribution in [2.24, 2.45) is 0 Å². The number of allylic oxidation sites excluding steroid dienone is 2. The molecule has 3 nitrogen and oxygen atoms in total. The molecule has 0 saturated heterocycles. The van der Waals surface area contributed by atoms with Gasteiger partial charge in [-0.1, -0.05) is 31.1 Å². The SMILES string of the molecule is CCC/C(C)=C(/C#N)c1nc2ccccc2[nH]1. The van der Waals surface area contributed by atoms with Crippen LogP contribution in [-0.2, 0) is 0 Å². The van der Waals surface area contributed by atoms with Crippen molar-refractivity contribution in [1.29, 1.82) is 5.26 Å². The number of hydrogen-bond acceptors (Lipinski definition) is 2. The van der Waals surface area contributed by atoms with Crippen molar-refractivity contribution in [3.05, 3.63) is 35.7 Å². The number of fused-ring (bicyclic) bond motifs is 1. The van der Waals surface area contributed by atoms with Crippen LogP contribution in [0, 0.1) is 11.3 Å². The Labute approximate surface area is 101 Å². The maximum absolute atomic E-state index is 9.23. The third-order valence-corrected chi connectivity index (χ3v) is 2.79. The van der Waals surface area contributed by atoms with Crippen LogP contribution in [-0.4, -0.2) is 9.97 Å². The van der Waals surface area contributed by atoms with E-state index in [0.717, 1.165) is 29.4 Å². The number of imidazole rings is 1. The van der Waals surface area contributed by atoms with Crippen LogP contribution in [0.1, 0.15) is 32.5 Å². The van der Waals surface area contributed by atoms with Gasteiger partial charge in [-0.05, 0) is 25.5 Å². The molecule has 3 heteroatoms. The minimum Gasteiger partial charge on any atom is -0.337 e. The zero-order valence-corrected chi connectivity index (χ0v) is 10.1. The fourth-order valence-electron chi connectivity index (χ4n) is 1.92. The lowest BCUT2D eigenvalue weighted by molar-refractivity contribution is 0.907. The molecule has 0 fully saturated rings.